The third kappa shape index (κ3) is 4.96. The molecule has 0 amide bonds. The van der Waals surface area contributed by atoms with Crippen molar-refractivity contribution in [1.82, 2.24) is 14.9 Å². The first-order valence-electron chi connectivity index (χ1n) is 7.67. The van der Waals surface area contributed by atoms with Crippen LogP contribution in [0.2, 0.25) is 0 Å². The molecule has 0 fully saturated rings. The highest BCUT2D eigenvalue weighted by Gasteiger charge is 2.21. The molecule has 6 nitrogen and oxygen atoms in total. The Morgan fingerprint density at radius 1 is 1.32 bits per heavy atom. The van der Waals surface area contributed by atoms with Crippen LogP contribution in [0.15, 0.2) is 35.6 Å². The smallest absolute Gasteiger partial charge is 0.343 e. The molecule has 0 atom stereocenters. The molecule has 0 saturated heterocycles. The summed E-state index contributed by atoms with van der Waals surface area (Å²) in [5.74, 6) is -0.0589. The van der Waals surface area contributed by atoms with E-state index in [0.29, 0.717) is 22.2 Å². The Labute approximate surface area is 152 Å². The van der Waals surface area contributed by atoms with E-state index in [1.807, 2.05) is 62.6 Å². The van der Waals surface area contributed by atoms with E-state index in [2.05, 4.69) is 15.3 Å². The Morgan fingerprint density at radius 3 is 2.68 bits per heavy atom. The Hall–Kier alpha value is -2.54. The predicted molar refractivity (Wildman–Crippen MR) is 102 cm³/mol. The molecule has 2 rings (SSSR count). The first-order chi connectivity index (χ1) is 11.9. The average molecular weight is 358 g/mol. The number of nitrogens with zero attached hydrogens (tertiary/aromatic N) is 3. The number of benzene rings is 1. The van der Waals surface area contributed by atoms with Crippen LogP contribution in [0.5, 0.6) is 0 Å². The van der Waals surface area contributed by atoms with Gasteiger partial charge in [-0.3, -0.25) is 0 Å². The van der Waals surface area contributed by atoms with Gasteiger partial charge in [-0.05, 0) is 37.0 Å². The van der Waals surface area contributed by atoms with E-state index in [-0.39, 0.29) is 0 Å². The van der Waals surface area contributed by atoms with Gasteiger partial charge in [-0.15, -0.1) is 0 Å². The normalized spacial score (nSPS) is 10.8. The number of rotatable bonds is 6. The van der Waals surface area contributed by atoms with Crippen molar-refractivity contribution in [3.8, 4) is 0 Å². The van der Waals surface area contributed by atoms with Crippen LogP contribution in [0.4, 0.5) is 11.5 Å². The minimum Gasteiger partial charge on any atom is -0.465 e. The summed E-state index contributed by atoms with van der Waals surface area (Å²) in [5.41, 5.74) is 2.77. The number of hydrogen-bond donors (Lipinski definition) is 1. The lowest BCUT2D eigenvalue weighted by Crippen LogP contribution is -2.12. The van der Waals surface area contributed by atoms with Gasteiger partial charge < -0.3 is 15.0 Å². The standard InChI is InChI=1S/C18H22N4O2S/c1-12-7-6-8-13(11-12)19-16-15(17(23)24-4)14(9-10-22(2)3)20-18(21-16)25-5/h6-11H,1-5H3,(H,19,20,21). The summed E-state index contributed by atoms with van der Waals surface area (Å²) in [7, 11) is 5.15. The second-order valence-corrected chi connectivity index (χ2v) is 6.36. The maximum Gasteiger partial charge on any atom is 0.343 e. The second kappa shape index (κ2) is 8.53. The zero-order valence-corrected chi connectivity index (χ0v) is 15.8. The quantitative estimate of drug-likeness (QED) is 0.481. The number of esters is 1. The number of thioether (sulfide) groups is 1. The molecule has 2 aromatic rings. The number of anilines is 2. The summed E-state index contributed by atoms with van der Waals surface area (Å²) in [6.07, 6.45) is 5.49. The van der Waals surface area contributed by atoms with Crippen molar-refractivity contribution >= 4 is 35.3 Å². The average Bonchev–Trinajstić information content (AvgIpc) is 2.58. The van der Waals surface area contributed by atoms with E-state index in [9.17, 15) is 4.79 Å². The summed E-state index contributed by atoms with van der Waals surface area (Å²) in [5, 5.41) is 3.79. The molecule has 0 aliphatic rings. The summed E-state index contributed by atoms with van der Waals surface area (Å²) in [6.45, 7) is 2.00. The molecule has 0 aliphatic carbocycles. The van der Waals surface area contributed by atoms with Crippen LogP contribution in [0.3, 0.4) is 0 Å². The maximum absolute atomic E-state index is 12.4. The number of carbonyl (C=O) groups excluding carboxylic acids is 1. The van der Waals surface area contributed by atoms with Crippen LogP contribution in [-0.2, 0) is 4.74 Å². The highest BCUT2D eigenvalue weighted by molar-refractivity contribution is 7.98. The van der Waals surface area contributed by atoms with Gasteiger partial charge in [0, 0.05) is 26.0 Å². The number of ether oxygens (including phenoxy) is 1. The van der Waals surface area contributed by atoms with Gasteiger partial charge in [0.2, 0.25) is 0 Å². The monoisotopic (exact) mass is 358 g/mol. The van der Waals surface area contributed by atoms with Gasteiger partial charge in [-0.25, -0.2) is 14.8 Å². The Balaban J connectivity index is 2.58. The zero-order valence-electron chi connectivity index (χ0n) is 15.0. The lowest BCUT2D eigenvalue weighted by atomic mass is 10.2. The van der Waals surface area contributed by atoms with Crippen LogP contribution >= 0.6 is 11.8 Å². The molecule has 0 unspecified atom stereocenters. The van der Waals surface area contributed by atoms with Crippen molar-refractivity contribution in [2.24, 2.45) is 0 Å². The SMILES string of the molecule is COC(=O)c1c(C=CN(C)C)nc(SC)nc1Nc1cccc(C)c1. The van der Waals surface area contributed by atoms with Crippen molar-refractivity contribution < 1.29 is 9.53 Å². The summed E-state index contributed by atoms with van der Waals surface area (Å²) >= 11 is 1.41. The van der Waals surface area contributed by atoms with Gasteiger partial charge in [-0.2, -0.15) is 0 Å². The first kappa shape index (κ1) is 18.8. The van der Waals surface area contributed by atoms with Gasteiger partial charge in [0.1, 0.15) is 11.4 Å². The minimum atomic E-state index is -0.485. The molecule has 0 aliphatic heterocycles. The van der Waals surface area contributed by atoms with Crippen molar-refractivity contribution in [2.45, 2.75) is 12.1 Å². The third-order valence-electron chi connectivity index (χ3n) is 3.30. The Morgan fingerprint density at radius 2 is 2.08 bits per heavy atom. The van der Waals surface area contributed by atoms with Crippen LogP contribution in [0.25, 0.3) is 6.08 Å². The molecular weight excluding hydrogens is 336 g/mol. The highest BCUT2D eigenvalue weighted by Crippen LogP contribution is 2.26. The largest absolute Gasteiger partial charge is 0.465 e. The van der Waals surface area contributed by atoms with Crippen LogP contribution in [0.1, 0.15) is 21.6 Å². The van der Waals surface area contributed by atoms with Crippen molar-refractivity contribution in [3.63, 3.8) is 0 Å². The molecule has 25 heavy (non-hydrogen) atoms. The topological polar surface area (TPSA) is 67.3 Å². The molecule has 0 saturated carbocycles. The van der Waals surface area contributed by atoms with Crippen LogP contribution in [0, 0.1) is 6.92 Å². The van der Waals surface area contributed by atoms with Gasteiger partial charge in [0.25, 0.3) is 0 Å². The number of carbonyl (C=O) groups is 1. The molecular formula is C18H22N4O2S. The molecule has 132 valence electrons. The Bertz CT molecular complexity index is 791. The van der Waals surface area contributed by atoms with Crippen molar-refractivity contribution in [1.29, 1.82) is 0 Å². The Kier molecular flexibility index (Phi) is 6.41. The molecule has 1 aromatic carbocycles. The van der Waals surface area contributed by atoms with Crippen molar-refractivity contribution in [3.05, 3.63) is 47.3 Å². The number of hydrogen-bond acceptors (Lipinski definition) is 7. The molecule has 1 N–H and O–H groups in total. The van der Waals surface area contributed by atoms with Gasteiger partial charge in [0.15, 0.2) is 5.16 Å². The fraction of sp³-hybridized carbons (Fsp3) is 0.278. The lowest BCUT2D eigenvalue weighted by molar-refractivity contribution is 0.0600. The minimum absolute atomic E-state index is 0.305. The number of aryl methyl sites for hydroxylation is 1. The number of methoxy groups -OCH3 is 1. The van der Waals surface area contributed by atoms with Crippen LogP contribution in [-0.4, -0.2) is 48.3 Å². The summed E-state index contributed by atoms with van der Waals surface area (Å²) < 4.78 is 4.95. The molecule has 1 heterocycles. The van der Waals surface area contributed by atoms with Gasteiger partial charge in [0.05, 0.1) is 12.8 Å². The van der Waals surface area contributed by atoms with Crippen LogP contribution < -0.4 is 5.32 Å². The van der Waals surface area contributed by atoms with Gasteiger partial charge in [-0.1, -0.05) is 23.9 Å². The predicted octanol–water partition coefficient (Wildman–Crippen LogP) is 3.57. The second-order valence-electron chi connectivity index (χ2n) is 5.58. The van der Waals surface area contributed by atoms with E-state index in [1.165, 1.54) is 18.9 Å². The maximum atomic E-state index is 12.4. The van der Waals surface area contributed by atoms with E-state index in [0.717, 1.165) is 11.3 Å². The molecule has 0 spiro atoms. The fourth-order valence-electron chi connectivity index (χ4n) is 2.14. The number of nitrogens with one attached hydrogen (secondary N) is 1. The molecule has 7 heteroatoms. The lowest BCUT2D eigenvalue weighted by Gasteiger charge is -2.14. The van der Waals surface area contributed by atoms with Gasteiger partial charge >= 0.3 is 5.97 Å². The summed E-state index contributed by atoms with van der Waals surface area (Å²) in [6, 6.07) is 7.85. The zero-order chi connectivity index (χ0) is 18.4. The highest BCUT2D eigenvalue weighted by atomic mass is 32.2. The summed E-state index contributed by atoms with van der Waals surface area (Å²) in [4.78, 5) is 23.1. The first-order valence-corrected chi connectivity index (χ1v) is 8.89. The van der Waals surface area contributed by atoms with Crippen molar-refractivity contribution in [2.75, 3.05) is 32.8 Å². The third-order valence-corrected chi connectivity index (χ3v) is 3.85. The molecule has 0 bridgehead atoms. The van der Waals surface area contributed by atoms with E-state index in [4.69, 9.17) is 4.74 Å². The molecule has 1 aromatic heterocycles. The number of aromatic nitrogens is 2. The molecule has 0 radical (unpaired) electrons. The fourth-order valence-corrected chi connectivity index (χ4v) is 2.51. The van der Waals surface area contributed by atoms with E-state index >= 15 is 0 Å². The van der Waals surface area contributed by atoms with E-state index in [1.54, 1.807) is 6.08 Å². The van der Waals surface area contributed by atoms with E-state index < -0.39 is 5.97 Å².